The van der Waals surface area contributed by atoms with E-state index in [1.807, 2.05) is 0 Å². The van der Waals surface area contributed by atoms with Gasteiger partial charge in [0.15, 0.2) is 10.9 Å². The van der Waals surface area contributed by atoms with Gasteiger partial charge in [-0.05, 0) is 50.3 Å². The molecule has 4 aromatic rings. The highest BCUT2D eigenvalue weighted by Gasteiger charge is 2.49. The third kappa shape index (κ3) is 4.29. The molecular formula is C30H29F3N8OS. The summed E-state index contributed by atoms with van der Waals surface area (Å²) < 4.78 is 52.2. The fraction of sp³-hybridized carbons (Fsp3) is 0.467. The number of hydrogen-bond acceptors (Lipinski definition) is 10. The first-order valence-corrected chi connectivity index (χ1v) is 15.4. The number of rotatable bonds is 5. The van der Waals surface area contributed by atoms with E-state index in [0.29, 0.717) is 37.3 Å². The third-order valence-electron chi connectivity index (χ3n) is 9.40. The zero-order valence-corrected chi connectivity index (χ0v) is 24.1. The van der Waals surface area contributed by atoms with Crippen molar-refractivity contribution in [3.8, 4) is 29.6 Å². The highest BCUT2D eigenvalue weighted by Crippen LogP contribution is 2.42. The average molecular weight is 607 g/mol. The smallest absolute Gasteiger partial charge is 0.319 e. The van der Waals surface area contributed by atoms with Crippen LogP contribution in [0.4, 0.5) is 24.1 Å². The van der Waals surface area contributed by atoms with Crippen molar-refractivity contribution in [3.05, 3.63) is 29.5 Å². The van der Waals surface area contributed by atoms with Crippen molar-refractivity contribution in [2.75, 3.05) is 43.4 Å². The number of fused-ring (bicyclic) bond motifs is 5. The summed E-state index contributed by atoms with van der Waals surface area (Å²) >= 11 is 0.975. The fourth-order valence-electron chi connectivity index (χ4n) is 7.51. The second-order valence-electron chi connectivity index (χ2n) is 12.1. The lowest BCUT2D eigenvalue weighted by Crippen LogP contribution is -2.51. The lowest BCUT2D eigenvalue weighted by atomic mass is 9.95. The number of hydrogen-bond donors (Lipinski definition) is 2. The van der Waals surface area contributed by atoms with Crippen LogP contribution in [0.15, 0.2) is 12.1 Å². The molecule has 7 heterocycles. The second-order valence-corrected chi connectivity index (χ2v) is 13.1. The maximum Gasteiger partial charge on any atom is 0.319 e. The molecule has 3 N–H and O–H groups in total. The van der Waals surface area contributed by atoms with E-state index in [2.05, 4.69) is 36.0 Å². The molecule has 9 nitrogen and oxygen atoms in total. The van der Waals surface area contributed by atoms with Crippen LogP contribution in [0.5, 0.6) is 6.01 Å². The van der Waals surface area contributed by atoms with Gasteiger partial charge in [0, 0.05) is 43.7 Å². The van der Waals surface area contributed by atoms with E-state index < -0.39 is 23.3 Å². The van der Waals surface area contributed by atoms with Gasteiger partial charge in [-0.2, -0.15) is 9.97 Å². The number of pyridine rings is 1. The van der Waals surface area contributed by atoms with Gasteiger partial charge in [-0.1, -0.05) is 11.3 Å². The van der Waals surface area contributed by atoms with E-state index in [1.165, 1.54) is 12.1 Å². The van der Waals surface area contributed by atoms with Crippen molar-refractivity contribution >= 4 is 43.4 Å². The normalized spacial score (nSPS) is 26.8. The van der Waals surface area contributed by atoms with E-state index in [0.717, 1.165) is 43.6 Å². The van der Waals surface area contributed by atoms with Crippen LogP contribution in [0.25, 0.3) is 32.4 Å². The number of piperazine rings is 1. The molecule has 0 radical (unpaired) electrons. The molecule has 0 amide bonds. The molecule has 3 aromatic heterocycles. The monoisotopic (exact) mass is 606 g/mol. The van der Waals surface area contributed by atoms with Gasteiger partial charge in [-0.3, -0.25) is 4.90 Å². The van der Waals surface area contributed by atoms with Crippen molar-refractivity contribution in [3.63, 3.8) is 0 Å². The molecule has 0 aliphatic carbocycles. The van der Waals surface area contributed by atoms with Gasteiger partial charge < -0.3 is 20.7 Å². The summed E-state index contributed by atoms with van der Waals surface area (Å²) in [7, 11) is 0. The Morgan fingerprint density at radius 3 is 2.72 bits per heavy atom. The predicted octanol–water partition coefficient (Wildman–Crippen LogP) is 4.04. The van der Waals surface area contributed by atoms with Crippen LogP contribution in [0.2, 0.25) is 0 Å². The van der Waals surface area contributed by atoms with Crippen molar-refractivity contribution in [1.82, 2.24) is 30.2 Å². The highest BCUT2D eigenvalue weighted by atomic mass is 32.1. The minimum atomic E-state index is -0.912. The van der Waals surface area contributed by atoms with Crippen molar-refractivity contribution in [1.29, 1.82) is 0 Å². The lowest BCUT2D eigenvalue weighted by molar-refractivity contribution is 0.107. The van der Waals surface area contributed by atoms with Gasteiger partial charge >= 0.3 is 6.01 Å². The first-order valence-electron chi connectivity index (χ1n) is 14.6. The molecule has 222 valence electrons. The summed E-state index contributed by atoms with van der Waals surface area (Å²) in [4.78, 5) is 22.4. The number of terminal acetylenes is 1. The molecule has 2 unspecified atom stereocenters. The highest BCUT2D eigenvalue weighted by molar-refractivity contribution is 7.22. The van der Waals surface area contributed by atoms with Crippen LogP contribution in [-0.4, -0.2) is 81.4 Å². The summed E-state index contributed by atoms with van der Waals surface area (Å²) in [6.07, 6.45) is 9.30. The Kier molecular flexibility index (Phi) is 6.19. The fourth-order valence-corrected chi connectivity index (χ4v) is 8.28. The predicted molar refractivity (Wildman–Crippen MR) is 159 cm³/mol. The van der Waals surface area contributed by atoms with Crippen molar-refractivity contribution in [2.45, 2.75) is 55.9 Å². The van der Waals surface area contributed by atoms with Crippen molar-refractivity contribution in [2.24, 2.45) is 0 Å². The number of alkyl halides is 1. The summed E-state index contributed by atoms with van der Waals surface area (Å²) in [5, 5.41) is 4.07. The van der Waals surface area contributed by atoms with Gasteiger partial charge in [0.2, 0.25) is 0 Å². The Bertz CT molecular complexity index is 1820. The Labute approximate surface area is 249 Å². The number of nitrogens with one attached hydrogen (secondary N) is 1. The Morgan fingerprint density at radius 2 is 1.93 bits per heavy atom. The molecule has 43 heavy (non-hydrogen) atoms. The molecule has 8 rings (SSSR count). The molecule has 4 atom stereocenters. The van der Waals surface area contributed by atoms with E-state index >= 15 is 4.39 Å². The van der Waals surface area contributed by atoms with Crippen LogP contribution in [0, 0.1) is 24.0 Å². The quantitative estimate of drug-likeness (QED) is 0.326. The van der Waals surface area contributed by atoms with Crippen LogP contribution in [0.3, 0.4) is 0 Å². The second kappa shape index (κ2) is 9.90. The molecule has 4 aliphatic rings. The topological polar surface area (TPSA) is 105 Å². The summed E-state index contributed by atoms with van der Waals surface area (Å²) in [6, 6.07) is 3.20. The SMILES string of the molecule is C#Cc1nc(-c2ccc(F)c3sc(N)nc23)c(F)c2nc(OC[C@@]34CCCN3C[C@H](F)C4)nc(N3CC4CCC(C3)N4)c12. The number of nitrogens with two attached hydrogens (primary N) is 1. The molecular weight excluding hydrogens is 577 g/mol. The third-order valence-corrected chi connectivity index (χ3v) is 10.3. The molecule has 0 spiro atoms. The summed E-state index contributed by atoms with van der Waals surface area (Å²) in [6.45, 7) is 2.73. The molecule has 2 bridgehead atoms. The number of aromatic nitrogens is 4. The van der Waals surface area contributed by atoms with Crippen LogP contribution in [-0.2, 0) is 0 Å². The maximum absolute atomic E-state index is 16.7. The lowest BCUT2D eigenvalue weighted by Gasteiger charge is -2.34. The number of anilines is 2. The Morgan fingerprint density at radius 1 is 1.12 bits per heavy atom. The van der Waals surface area contributed by atoms with Gasteiger partial charge in [0.05, 0.1) is 21.1 Å². The number of benzene rings is 1. The van der Waals surface area contributed by atoms with E-state index in [4.69, 9.17) is 21.9 Å². The summed E-state index contributed by atoms with van der Waals surface area (Å²) in [5.74, 6) is 1.82. The summed E-state index contributed by atoms with van der Waals surface area (Å²) in [5.41, 5.74) is 5.93. The molecule has 4 aliphatic heterocycles. The average Bonchev–Trinajstić information content (AvgIpc) is 3.74. The zero-order chi connectivity index (χ0) is 29.5. The van der Waals surface area contributed by atoms with E-state index in [1.54, 1.807) is 0 Å². The number of thiazole rings is 1. The van der Waals surface area contributed by atoms with E-state index in [9.17, 15) is 8.78 Å². The first-order chi connectivity index (χ1) is 20.8. The Balaban J connectivity index is 1.29. The van der Waals surface area contributed by atoms with Gasteiger partial charge in [0.1, 0.15) is 41.3 Å². The van der Waals surface area contributed by atoms with Crippen LogP contribution >= 0.6 is 11.3 Å². The van der Waals surface area contributed by atoms with Crippen LogP contribution < -0.4 is 20.7 Å². The van der Waals surface area contributed by atoms with Gasteiger partial charge in [-0.25, -0.2) is 23.1 Å². The molecule has 4 fully saturated rings. The number of ether oxygens (including phenoxy) is 1. The van der Waals surface area contributed by atoms with E-state index in [-0.39, 0.29) is 62.5 Å². The van der Waals surface area contributed by atoms with Crippen LogP contribution in [0.1, 0.15) is 37.8 Å². The molecule has 1 aromatic carbocycles. The van der Waals surface area contributed by atoms with Gasteiger partial charge in [-0.15, -0.1) is 6.42 Å². The number of halogens is 3. The number of nitrogen functional groups attached to an aromatic ring is 1. The van der Waals surface area contributed by atoms with Crippen molar-refractivity contribution < 1.29 is 17.9 Å². The molecule has 0 saturated carbocycles. The maximum atomic E-state index is 16.7. The zero-order valence-electron chi connectivity index (χ0n) is 23.2. The largest absolute Gasteiger partial charge is 0.461 e. The minimum Gasteiger partial charge on any atom is -0.461 e. The van der Waals surface area contributed by atoms with Gasteiger partial charge in [0.25, 0.3) is 0 Å². The first kappa shape index (κ1) is 26.9. The molecule has 4 saturated heterocycles. The molecule has 13 heteroatoms. The Hall–Kier alpha value is -3.73. The standard InChI is InChI=1S/C30H29F3N8OS/c1-2-20-21-25(22(33)23(36-20)18-6-7-19(32)26-24(18)37-28(34)43-26)38-29(39-27(21)40-12-16-4-5-17(13-40)35-16)42-14-30-8-3-9-41(30)11-15(31)10-30/h1,6-7,15-17,35H,3-5,8-14H2,(H2,34,37)/t15-,16?,17?,30+/m1/s1. The minimum absolute atomic E-state index is 0.00177. The number of nitrogens with zero attached hydrogens (tertiary/aromatic N) is 6.